The highest BCUT2D eigenvalue weighted by molar-refractivity contribution is 5.97. The van der Waals surface area contributed by atoms with Crippen molar-refractivity contribution in [3.8, 4) is 33.8 Å². The summed E-state index contributed by atoms with van der Waals surface area (Å²) in [5.74, 6) is 1.76. The molecule has 0 unspecified atom stereocenters. The van der Waals surface area contributed by atoms with E-state index in [1.807, 2.05) is 6.07 Å². The SMILES string of the molecule is CC1(C)c2ccccc2N2c3ccccc3Oc3ccc(-c4cccc(-c5cccc(N(c6ccccc6)c6ccccc6)c5)c4)c1c32. The van der Waals surface area contributed by atoms with Crippen LogP contribution in [0.5, 0.6) is 11.5 Å². The first-order valence-electron chi connectivity index (χ1n) is 16.5. The molecule has 3 heteroatoms. The second kappa shape index (κ2) is 11.0. The fourth-order valence-electron chi connectivity index (χ4n) is 7.59. The molecule has 2 aliphatic heterocycles. The predicted molar refractivity (Wildman–Crippen MR) is 199 cm³/mol. The van der Waals surface area contributed by atoms with Crippen molar-refractivity contribution >= 4 is 34.1 Å². The summed E-state index contributed by atoms with van der Waals surface area (Å²) in [7, 11) is 0. The Labute approximate surface area is 281 Å². The number of nitrogens with zero attached hydrogens (tertiary/aromatic N) is 2. The summed E-state index contributed by atoms with van der Waals surface area (Å²) in [6.45, 7) is 4.69. The topological polar surface area (TPSA) is 15.7 Å². The van der Waals surface area contributed by atoms with Crippen molar-refractivity contribution in [2.75, 3.05) is 9.80 Å². The van der Waals surface area contributed by atoms with Crippen LogP contribution in [-0.2, 0) is 5.41 Å². The number of ether oxygens (including phenoxy) is 1. The average Bonchev–Trinajstić information content (AvgIpc) is 3.14. The number of para-hydroxylation sites is 5. The van der Waals surface area contributed by atoms with E-state index in [2.05, 4.69) is 187 Å². The lowest BCUT2D eigenvalue weighted by atomic mass is 9.70. The van der Waals surface area contributed by atoms with Gasteiger partial charge >= 0.3 is 0 Å². The molecule has 0 bridgehead atoms. The van der Waals surface area contributed by atoms with Crippen LogP contribution < -0.4 is 14.5 Å². The molecule has 0 atom stereocenters. The van der Waals surface area contributed by atoms with E-state index >= 15 is 0 Å². The average molecular weight is 619 g/mol. The Kier molecular flexibility index (Phi) is 6.48. The third-order valence-corrected chi connectivity index (χ3v) is 9.77. The number of fused-ring (bicyclic) bond motifs is 4. The summed E-state index contributed by atoms with van der Waals surface area (Å²) in [6, 6.07) is 60.5. The van der Waals surface area contributed by atoms with Gasteiger partial charge < -0.3 is 14.5 Å². The summed E-state index contributed by atoms with van der Waals surface area (Å²) >= 11 is 0. The standard InChI is InChI=1S/C45H34N2O/c1-45(2)38-23-9-10-24-39(38)47-40-25-11-12-26-41(40)48-42-28-27-37(43(45)44(42)47)33-17-13-15-31(29-33)32-16-14-22-36(30-32)46(34-18-5-3-6-19-34)35-20-7-4-8-21-35/h3-30H,1-2H3. The Bertz CT molecular complexity index is 2270. The zero-order valence-corrected chi connectivity index (χ0v) is 27.0. The van der Waals surface area contributed by atoms with Crippen molar-refractivity contribution in [1.29, 1.82) is 0 Å². The Hall–Kier alpha value is -6.06. The van der Waals surface area contributed by atoms with Gasteiger partial charge in [0.05, 0.1) is 17.1 Å². The number of anilines is 6. The Morgan fingerprint density at radius 1 is 0.479 bits per heavy atom. The van der Waals surface area contributed by atoms with E-state index in [1.165, 1.54) is 39.1 Å². The monoisotopic (exact) mass is 618 g/mol. The molecule has 230 valence electrons. The van der Waals surface area contributed by atoms with E-state index in [9.17, 15) is 0 Å². The molecule has 0 amide bonds. The Morgan fingerprint density at radius 3 is 1.81 bits per heavy atom. The lowest BCUT2D eigenvalue weighted by molar-refractivity contribution is 0.471. The van der Waals surface area contributed by atoms with Gasteiger partial charge in [-0.2, -0.15) is 0 Å². The molecule has 0 N–H and O–H groups in total. The van der Waals surface area contributed by atoms with Crippen LogP contribution in [0, 0.1) is 0 Å². The fourth-order valence-corrected chi connectivity index (χ4v) is 7.59. The van der Waals surface area contributed by atoms with E-state index in [1.54, 1.807) is 0 Å². The van der Waals surface area contributed by atoms with Gasteiger partial charge in [-0.3, -0.25) is 0 Å². The molecule has 0 saturated carbocycles. The summed E-state index contributed by atoms with van der Waals surface area (Å²) in [4.78, 5) is 4.72. The second-order valence-electron chi connectivity index (χ2n) is 13.0. The molecule has 0 aliphatic carbocycles. The number of hydrogen-bond donors (Lipinski definition) is 0. The molecule has 7 aromatic carbocycles. The quantitative estimate of drug-likeness (QED) is 0.191. The van der Waals surface area contributed by atoms with E-state index in [-0.39, 0.29) is 5.41 Å². The van der Waals surface area contributed by atoms with Crippen LogP contribution in [-0.4, -0.2) is 0 Å². The minimum Gasteiger partial charge on any atom is -0.453 e. The Morgan fingerprint density at radius 2 is 1.06 bits per heavy atom. The van der Waals surface area contributed by atoms with Crippen LogP contribution in [0.15, 0.2) is 170 Å². The minimum absolute atomic E-state index is 0.259. The van der Waals surface area contributed by atoms with Crippen molar-refractivity contribution in [2.45, 2.75) is 19.3 Å². The maximum atomic E-state index is 6.58. The first-order valence-corrected chi connectivity index (χ1v) is 16.5. The van der Waals surface area contributed by atoms with Crippen LogP contribution in [0.3, 0.4) is 0 Å². The lowest BCUT2D eigenvalue weighted by Crippen LogP contribution is -2.33. The highest BCUT2D eigenvalue weighted by atomic mass is 16.5. The van der Waals surface area contributed by atoms with Gasteiger partial charge in [-0.05, 0) is 100 Å². The molecule has 2 heterocycles. The van der Waals surface area contributed by atoms with E-state index in [0.717, 1.165) is 39.9 Å². The van der Waals surface area contributed by atoms with E-state index in [0.29, 0.717) is 0 Å². The third-order valence-electron chi connectivity index (χ3n) is 9.77. The second-order valence-corrected chi connectivity index (χ2v) is 13.0. The summed E-state index contributed by atoms with van der Waals surface area (Å²) in [5.41, 5.74) is 13.8. The van der Waals surface area contributed by atoms with Crippen molar-refractivity contribution in [3.63, 3.8) is 0 Å². The van der Waals surface area contributed by atoms with E-state index < -0.39 is 0 Å². The maximum Gasteiger partial charge on any atom is 0.151 e. The Balaban J connectivity index is 1.19. The van der Waals surface area contributed by atoms with Gasteiger partial charge in [0, 0.05) is 22.5 Å². The van der Waals surface area contributed by atoms with Crippen molar-refractivity contribution < 1.29 is 4.74 Å². The van der Waals surface area contributed by atoms with Crippen molar-refractivity contribution in [1.82, 2.24) is 0 Å². The van der Waals surface area contributed by atoms with Gasteiger partial charge in [0.2, 0.25) is 0 Å². The molecule has 7 aromatic rings. The predicted octanol–water partition coefficient (Wildman–Crippen LogP) is 12.7. The minimum atomic E-state index is -0.259. The van der Waals surface area contributed by atoms with Gasteiger partial charge in [0.1, 0.15) is 0 Å². The highest BCUT2D eigenvalue weighted by Crippen LogP contribution is 2.61. The summed E-state index contributed by atoms with van der Waals surface area (Å²) in [6.07, 6.45) is 0. The van der Waals surface area contributed by atoms with Gasteiger partial charge in [-0.25, -0.2) is 0 Å². The first-order chi connectivity index (χ1) is 23.6. The van der Waals surface area contributed by atoms with Crippen LogP contribution in [0.2, 0.25) is 0 Å². The van der Waals surface area contributed by atoms with Gasteiger partial charge in [-0.15, -0.1) is 0 Å². The van der Waals surface area contributed by atoms with Gasteiger partial charge in [0.25, 0.3) is 0 Å². The largest absolute Gasteiger partial charge is 0.453 e. The summed E-state index contributed by atoms with van der Waals surface area (Å²) < 4.78 is 6.58. The molecule has 9 rings (SSSR count). The first kappa shape index (κ1) is 28.2. The highest BCUT2D eigenvalue weighted by Gasteiger charge is 2.43. The molecular formula is C45H34N2O. The number of rotatable bonds is 5. The van der Waals surface area contributed by atoms with Crippen LogP contribution in [0.4, 0.5) is 34.1 Å². The van der Waals surface area contributed by atoms with Crippen LogP contribution in [0.1, 0.15) is 25.0 Å². The molecular weight excluding hydrogens is 585 g/mol. The van der Waals surface area contributed by atoms with Crippen LogP contribution >= 0.6 is 0 Å². The third kappa shape index (κ3) is 4.43. The van der Waals surface area contributed by atoms with Gasteiger partial charge in [-0.1, -0.05) is 117 Å². The molecule has 48 heavy (non-hydrogen) atoms. The number of hydrogen-bond acceptors (Lipinski definition) is 3. The zero-order chi connectivity index (χ0) is 32.2. The maximum absolute atomic E-state index is 6.58. The lowest BCUT2D eigenvalue weighted by Gasteiger charge is -2.45. The molecule has 0 radical (unpaired) electrons. The van der Waals surface area contributed by atoms with Crippen molar-refractivity contribution in [3.05, 3.63) is 181 Å². The van der Waals surface area contributed by atoms with Gasteiger partial charge in [0.15, 0.2) is 11.5 Å². The smallest absolute Gasteiger partial charge is 0.151 e. The molecule has 2 aliphatic rings. The molecule has 0 saturated heterocycles. The molecule has 0 aromatic heterocycles. The molecule has 0 spiro atoms. The zero-order valence-electron chi connectivity index (χ0n) is 27.0. The normalized spacial score (nSPS) is 13.5. The molecule has 0 fully saturated rings. The fraction of sp³-hybridized carbons (Fsp3) is 0.0667. The molecule has 3 nitrogen and oxygen atoms in total. The van der Waals surface area contributed by atoms with Crippen LogP contribution in [0.25, 0.3) is 22.3 Å². The number of benzene rings is 7. The van der Waals surface area contributed by atoms with E-state index in [4.69, 9.17) is 4.74 Å². The summed E-state index contributed by atoms with van der Waals surface area (Å²) in [5, 5.41) is 0. The van der Waals surface area contributed by atoms with Crippen molar-refractivity contribution in [2.24, 2.45) is 0 Å².